The zero-order valence-corrected chi connectivity index (χ0v) is 11.3. The van der Waals surface area contributed by atoms with Crippen molar-refractivity contribution in [2.45, 2.75) is 38.1 Å². The fraction of sp³-hybridized carbons (Fsp3) is 0.600. The van der Waals surface area contributed by atoms with Gasteiger partial charge >= 0.3 is 0 Å². The largest absolute Gasteiger partial charge is 0.493 e. The summed E-state index contributed by atoms with van der Waals surface area (Å²) in [6.07, 6.45) is 6.47. The van der Waals surface area contributed by atoms with E-state index >= 15 is 0 Å². The van der Waals surface area contributed by atoms with E-state index in [1.165, 1.54) is 32.1 Å². The van der Waals surface area contributed by atoms with E-state index in [-0.39, 0.29) is 6.04 Å². The minimum Gasteiger partial charge on any atom is -0.493 e. The third kappa shape index (κ3) is 2.78. The maximum Gasteiger partial charge on any atom is 0.161 e. The summed E-state index contributed by atoms with van der Waals surface area (Å²) in [4.78, 5) is 0. The first-order valence-corrected chi connectivity index (χ1v) is 6.73. The van der Waals surface area contributed by atoms with E-state index in [0.717, 1.165) is 17.1 Å². The summed E-state index contributed by atoms with van der Waals surface area (Å²) in [5.74, 6) is 2.13. The van der Waals surface area contributed by atoms with Gasteiger partial charge in [-0.3, -0.25) is 0 Å². The van der Waals surface area contributed by atoms with Crippen molar-refractivity contribution in [2.24, 2.45) is 11.7 Å². The van der Waals surface area contributed by atoms with Gasteiger partial charge in [0.25, 0.3) is 0 Å². The Bertz CT molecular complexity index is 386. The second-order valence-corrected chi connectivity index (χ2v) is 5.04. The molecule has 1 aliphatic rings. The molecule has 100 valence electrons. The number of methoxy groups -OCH3 is 2. The van der Waals surface area contributed by atoms with Crippen LogP contribution in [0.25, 0.3) is 0 Å². The van der Waals surface area contributed by atoms with Crippen molar-refractivity contribution in [1.82, 2.24) is 0 Å². The molecular formula is C15H23NO2. The van der Waals surface area contributed by atoms with E-state index < -0.39 is 0 Å². The molecule has 1 atom stereocenters. The third-order valence-electron chi connectivity index (χ3n) is 3.95. The van der Waals surface area contributed by atoms with Crippen LogP contribution in [0.2, 0.25) is 0 Å². The molecule has 3 nitrogen and oxygen atoms in total. The first-order valence-electron chi connectivity index (χ1n) is 6.73. The molecule has 2 N–H and O–H groups in total. The Morgan fingerprint density at radius 2 is 1.72 bits per heavy atom. The Balaban J connectivity index is 2.16. The number of ether oxygens (including phenoxy) is 2. The van der Waals surface area contributed by atoms with Gasteiger partial charge in [0, 0.05) is 6.04 Å². The summed E-state index contributed by atoms with van der Waals surface area (Å²) in [7, 11) is 3.31. The molecule has 0 spiro atoms. The first kappa shape index (κ1) is 13.2. The van der Waals surface area contributed by atoms with Gasteiger partial charge in [-0.05, 0) is 36.5 Å². The van der Waals surface area contributed by atoms with Crippen molar-refractivity contribution < 1.29 is 9.47 Å². The molecule has 0 aromatic heterocycles. The van der Waals surface area contributed by atoms with Crippen LogP contribution in [-0.2, 0) is 0 Å². The Hall–Kier alpha value is -1.22. The van der Waals surface area contributed by atoms with Gasteiger partial charge in [0.2, 0.25) is 0 Å². The van der Waals surface area contributed by atoms with Crippen molar-refractivity contribution >= 4 is 0 Å². The van der Waals surface area contributed by atoms with Crippen LogP contribution < -0.4 is 15.2 Å². The van der Waals surface area contributed by atoms with Crippen LogP contribution in [0.3, 0.4) is 0 Å². The van der Waals surface area contributed by atoms with Crippen molar-refractivity contribution in [1.29, 1.82) is 0 Å². The number of rotatable bonds is 4. The number of hydrogen-bond donors (Lipinski definition) is 1. The topological polar surface area (TPSA) is 44.5 Å². The summed E-state index contributed by atoms with van der Waals surface area (Å²) in [6, 6.07) is 6.13. The average Bonchev–Trinajstić information content (AvgIpc) is 2.46. The summed E-state index contributed by atoms with van der Waals surface area (Å²) in [5.41, 5.74) is 7.54. The Morgan fingerprint density at radius 3 is 2.33 bits per heavy atom. The molecule has 18 heavy (non-hydrogen) atoms. The van der Waals surface area contributed by atoms with Gasteiger partial charge in [-0.2, -0.15) is 0 Å². The Morgan fingerprint density at radius 1 is 1.06 bits per heavy atom. The van der Waals surface area contributed by atoms with Crippen LogP contribution in [-0.4, -0.2) is 14.2 Å². The summed E-state index contributed by atoms with van der Waals surface area (Å²) < 4.78 is 10.6. The molecular weight excluding hydrogens is 226 g/mol. The lowest BCUT2D eigenvalue weighted by atomic mass is 9.81. The van der Waals surface area contributed by atoms with Crippen molar-refractivity contribution in [2.75, 3.05) is 14.2 Å². The van der Waals surface area contributed by atoms with Gasteiger partial charge in [-0.25, -0.2) is 0 Å². The maximum absolute atomic E-state index is 6.39. The van der Waals surface area contributed by atoms with E-state index in [1.807, 2.05) is 12.1 Å². The fourth-order valence-electron chi connectivity index (χ4n) is 2.83. The van der Waals surface area contributed by atoms with Gasteiger partial charge in [-0.15, -0.1) is 0 Å². The molecule has 1 aliphatic carbocycles. The van der Waals surface area contributed by atoms with Gasteiger partial charge in [0.15, 0.2) is 11.5 Å². The number of nitrogens with two attached hydrogens (primary N) is 1. The minimum atomic E-state index is 0.116. The van der Waals surface area contributed by atoms with Crippen molar-refractivity contribution in [3.8, 4) is 11.5 Å². The molecule has 3 heteroatoms. The van der Waals surface area contributed by atoms with Gasteiger partial charge < -0.3 is 15.2 Å². The molecule has 2 rings (SSSR count). The molecule has 0 amide bonds. The second-order valence-electron chi connectivity index (χ2n) is 5.04. The zero-order valence-electron chi connectivity index (χ0n) is 11.3. The van der Waals surface area contributed by atoms with E-state index in [1.54, 1.807) is 14.2 Å². The lowest BCUT2D eigenvalue weighted by Crippen LogP contribution is -2.23. The van der Waals surface area contributed by atoms with Gasteiger partial charge in [0.1, 0.15) is 0 Å². The molecule has 0 radical (unpaired) electrons. The SMILES string of the molecule is COc1ccc(C(N)C2CCCCC2)cc1OC. The van der Waals surface area contributed by atoms with E-state index in [2.05, 4.69) is 6.07 Å². The Kier molecular flexibility index (Phi) is 4.48. The van der Waals surface area contributed by atoms with Gasteiger partial charge in [-0.1, -0.05) is 25.3 Å². The summed E-state index contributed by atoms with van der Waals surface area (Å²) >= 11 is 0. The van der Waals surface area contributed by atoms with Crippen LogP contribution in [0.5, 0.6) is 11.5 Å². The maximum atomic E-state index is 6.39. The quantitative estimate of drug-likeness (QED) is 0.890. The highest BCUT2D eigenvalue weighted by Gasteiger charge is 2.22. The fourth-order valence-corrected chi connectivity index (χ4v) is 2.83. The summed E-state index contributed by atoms with van der Waals surface area (Å²) in [6.45, 7) is 0. The van der Waals surface area contributed by atoms with Crippen molar-refractivity contribution in [3.63, 3.8) is 0 Å². The molecule has 1 unspecified atom stereocenters. The highest BCUT2D eigenvalue weighted by Crippen LogP contribution is 2.36. The second kappa shape index (κ2) is 6.10. The standard InChI is InChI=1S/C15H23NO2/c1-17-13-9-8-12(10-14(13)18-2)15(16)11-6-4-3-5-7-11/h8-11,15H,3-7,16H2,1-2H3. The van der Waals surface area contributed by atoms with Crippen LogP contribution in [0.1, 0.15) is 43.7 Å². The normalized spacial score (nSPS) is 18.4. The van der Waals surface area contributed by atoms with Crippen molar-refractivity contribution in [3.05, 3.63) is 23.8 Å². The molecule has 0 saturated heterocycles. The number of benzene rings is 1. The first-order chi connectivity index (χ1) is 8.76. The third-order valence-corrected chi connectivity index (χ3v) is 3.95. The highest BCUT2D eigenvalue weighted by molar-refractivity contribution is 5.43. The molecule has 1 aromatic carbocycles. The van der Waals surface area contributed by atoms with Crippen LogP contribution in [0.4, 0.5) is 0 Å². The van der Waals surface area contributed by atoms with E-state index in [0.29, 0.717) is 5.92 Å². The average molecular weight is 249 g/mol. The monoisotopic (exact) mass is 249 g/mol. The van der Waals surface area contributed by atoms with Crippen LogP contribution in [0, 0.1) is 5.92 Å². The lowest BCUT2D eigenvalue weighted by molar-refractivity contribution is 0.306. The highest BCUT2D eigenvalue weighted by atomic mass is 16.5. The molecule has 0 heterocycles. The van der Waals surface area contributed by atoms with E-state index in [4.69, 9.17) is 15.2 Å². The predicted molar refractivity (Wildman–Crippen MR) is 73.0 cm³/mol. The zero-order chi connectivity index (χ0) is 13.0. The van der Waals surface area contributed by atoms with E-state index in [9.17, 15) is 0 Å². The molecule has 1 saturated carbocycles. The minimum absolute atomic E-state index is 0.116. The Labute approximate surface area is 109 Å². The van der Waals surface area contributed by atoms with Crippen LogP contribution >= 0.6 is 0 Å². The van der Waals surface area contributed by atoms with Gasteiger partial charge in [0.05, 0.1) is 14.2 Å². The lowest BCUT2D eigenvalue weighted by Gasteiger charge is -2.28. The molecule has 1 fully saturated rings. The number of hydrogen-bond acceptors (Lipinski definition) is 3. The van der Waals surface area contributed by atoms with Crippen LogP contribution in [0.15, 0.2) is 18.2 Å². The summed E-state index contributed by atoms with van der Waals surface area (Å²) in [5, 5.41) is 0. The molecule has 0 bridgehead atoms. The smallest absolute Gasteiger partial charge is 0.161 e. The predicted octanol–water partition coefficient (Wildman–Crippen LogP) is 3.28. The molecule has 0 aliphatic heterocycles. The molecule has 1 aromatic rings.